The highest BCUT2D eigenvalue weighted by Crippen LogP contribution is 2.34. The van der Waals surface area contributed by atoms with E-state index < -0.39 is 0 Å². The summed E-state index contributed by atoms with van der Waals surface area (Å²) in [5.74, 6) is -0.448. The molecule has 2 aromatic rings. The highest BCUT2D eigenvalue weighted by atomic mass is 16.5. The van der Waals surface area contributed by atoms with E-state index >= 15 is 0 Å². The van der Waals surface area contributed by atoms with E-state index in [2.05, 4.69) is 0 Å². The van der Waals surface area contributed by atoms with Crippen LogP contribution in [0, 0.1) is 20.8 Å². The van der Waals surface area contributed by atoms with Crippen LogP contribution in [0.3, 0.4) is 0 Å². The Kier molecular flexibility index (Phi) is 5.71. The first-order chi connectivity index (χ1) is 14.7. The first-order valence-corrected chi connectivity index (χ1v) is 10.9. The standard InChI is InChI=1S/C26H30N2O3/c1-16-6-9-21(10-7-16)15-28-25(29)23(22-11-8-17(2)18(3)12-22)24(26(28)30)27-13-19(4)31-20(5)14-27/h6-12,19-20H,13-15H2,1-5H3. The average Bonchev–Trinajstić information content (AvgIpc) is 2.95. The molecule has 0 radical (unpaired) electrons. The largest absolute Gasteiger partial charge is 0.372 e. The van der Waals surface area contributed by atoms with Gasteiger partial charge in [-0.15, -0.1) is 0 Å². The van der Waals surface area contributed by atoms with Crippen molar-refractivity contribution in [1.29, 1.82) is 0 Å². The van der Waals surface area contributed by atoms with Crippen molar-refractivity contribution in [3.8, 4) is 0 Å². The number of ether oxygens (including phenoxy) is 1. The third-order valence-electron chi connectivity index (χ3n) is 6.14. The van der Waals surface area contributed by atoms with Gasteiger partial charge in [-0.1, -0.05) is 48.0 Å². The van der Waals surface area contributed by atoms with Gasteiger partial charge in [-0.25, -0.2) is 0 Å². The van der Waals surface area contributed by atoms with Crippen LogP contribution >= 0.6 is 0 Å². The Labute approximate surface area is 184 Å². The molecule has 0 aromatic heterocycles. The lowest BCUT2D eigenvalue weighted by atomic mass is 9.99. The molecule has 5 heteroatoms. The lowest BCUT2D eigenvalue weighted by Crippen LogP contribution is -2.46. The molecule has 4 rings (SSSR count). The van der Waals surface area contributed by atoms with Crippen molar-refractivity contribution >= 4 is 17.4 Å². The molecule has 0 saturated carbocycles. The maximum absolute atomic E-state index is 13.6. The van der Waals surface area contributed by atoms with Crippen molar-refractivity contribution in [3.63, 3.8) is 0 Å². The summed E-state index contributed by atoms with van der Waals surface area (Å²) in [4.78, 5) is 30.6. The Balaban J connectivity index is 1.76. The molecule has 2 amide bonds. The van der Waals surface area contributed by atoms with Gasteiger partial charge < -0.3 is 9.64 Å². The average molecular weight is 419 g/mol. The van der Waals surface area contributed by atoms with Gasteiger partial charge >= 0.3 is 0 Å². The minimum Gasteiger partial charge on any atom is -0.372 e. The smallest absolute Gasteiger partial charge is 0.278 e. The van der Waals surface area contributed by atoms with E-state index in [0.29, 0.717) is 24.4 Å². The summed E-state index contributed by atoms with van der Waals surface area (Å²) in [5.41, 5.74) is 6.15. The van der Waals surface area contributed by atoms with E-state index in [0.717, 1.165) is 27.8 Å². The first kappa shape index (κ1) is 21.3. The third-order valence-corrected chi connectivity index (χ3v) is 6.14. The second-order valence-corrected chi connectivity index (χ2v) is 8.87. The van der Waals surface area contributed by atoms with E-state index in [9.17, 15) is 9.59 Å². The predicted molar refractivity (Wildman–Crippen MR) is 121 cm³/mol. The summed E-state index contributed by atoms with van der Waals surface area (Å²) in [6.45, 7) is 11.6. The van der Waals surface area contributed by atoms with Gasteiger partial charge in [-0.05, 0) is 56.9 Å². The molecule has 2 aromatic carbocycles. The molecule has 0 spiro atoms. The monoisotopic (exact) mass is 418 g/mol. The van der Waals surface area contributed by atoms with Crippen molar-refractivity contribution in [3.05, 3.63) is 76.0 Å². The molecular weight excluding hydrogens is 388 g/mol. The number of morpholine rings is 1. The zero-order chi connectivity index (χ0) is 22.3. The molecule has 2 unspecified atom stereocenters. The summed E-state index contributed by atoms with van der Waals surface area (Å²) in [7, 11) is 0. The van der Waals surface area contributed by atoms with Crippen molar-refractivity contribution in [1.82, 2.24) is 9.80 Å². The number of aryl methyl sites for hydroxylation is 3. The van der Waals surface area contributed by atoms with Crippen LogP contribution in [0.2, 0.25) is 0 Å². The number of rotatable bonds is 4. The molecule has 0 bridgehead atoms. The summed E-state index contributed by atoms with van der Waals surface area (Å²) in [5, 5.41) is 0. The fraction of sp³-hybridized carbons (Fsp3) is 0.385. The van der Waals surface area contributed by atoms with Gasteiger partial charge in [0.1, 0.15) is 5.70 Å². The fourth-order valence-electron chi connectivity index (χ4n) is 4.39. The van der Waals surface area contributed by atoms with Crippen LogP contribution < -0.4 is 0 Å². The number of amides is 2. The molecule has 1 fully saturated rings. The molecule has 5 nitrogen and oxygen atoms in total. The number of hydrogen-bond acceptors (Lipinski definition) is 4. The summed E-state index contributed by atoms with van der Waals surface area (Å²) >= 11 is 0. The highest BCUT2D eigenvalue weighted by molar-refractivity contribution is 6.35. The van der Waals surface area contributed by atoms with E-state index in [4.69, 9.17) is 4.74 Å². The molecule has 2 aliphatic rings. The summed E-state index contributed by atoms with van der Waals surface area (Å²) < 4.78 is 5.87. The zero-order valence-corrected chi connectivity index (χ0v) is 18.9. The second kappa shape index (κ2) is 8.31. The van der Waals surface area contributed by atoms with Gasteiger partial charge in [-0.3, -0.25) is 14.5 Å². The number of imide groups is 1. The highest BCUT2D eigenvalue weighted by Gasteiger charge is 2.43. The quantitative estimate of drug-likeness (QED) is 0.705. The Morgan fingerprint density at radius 2 is 1.52 bits per heavy atom. The first-order valence-electron chi connectivity index (χ1n) is 10.9. The van der Waals surface area contributed by atoms with Crippen molar-refractivity contribution in [2.24, 2.45) is 0 Å². The zero-order valence-electron chi connectivity index (χ0n) is 18.9. The van der Waals surface area contributed by atoms with E-state index in [1.165, 1.54) is 4.90 Å². The molecular formula is C26H30N2O3. The predicted octanol–water partition coefficient (Wildman–Crippen LogP) is 4.00. The molecule has 31 heavy (non-hydrogen) atoms. The van der Waals surface area contributed by atoms with Crippen molar-refractivity contribution in [2.75, 3.05) is 13.1 Å². The number of carbonyl (C=O) groups excluding carboxylic acids is 2. The van der Waals surface area contributed by atoms with Crippen LogP contribution in [-0.2, 0) is 20.9 Å². The van der Waals surface area contributed by atoms with E-state index in [-0.39, 0.29) is 30.6 Å². The van der Waals surface area contributed by atoms with Crippen LogP contribution in [0.4, 0.5) is 0 Å². The van der Waals surface area contributed by atoms with Gasteiger partial charge in [-0.2, -0.15) is 0 Å². The topological polar surface area (TPSA) is 49.9 Å². The fourth-order valence-corrected chi connectivity index (χ4v) is 4.39. The number of hydrogen-bond donors (Lipinski definition) is 0. The SMILES string of the molecule is Cc1ccc(CN2C(=O)C(c3ccc(C)c(C)c3)=C(N3CC(C)OC(C)C3)C2=O)cc1. The summed E-state index contributed by atoms with van der Waals surface area (Å²) in [6.07, 6.45) is -0.0161. The molecule has 2 atom stereocenters. The van der Waals surface area contributed by atoms with Crippen molar-refractivity contribution < 1.29 is 14.3 Å². The maximum Gasteiger partial charge on any atom is 0.278 e. The number of benzene rings is 2. The van der Waals surface area contributed by atoms with Gasteiger partial charge in [0.25, 0.3) is 11.8 Å². The molecule has 162 valence electrons. The van der Waals surface area contributed by atoms with Crippen LogP contribution in [0.1, 0.15) is 41.7 Å². The Bertz CT molecular complexity index is 1040. The molecule has 2 heterocycles. The van der Waals surface area contributed by atoms with Gasteiger partial charge in [0.15, 0.2) is 0 Å². The Morgan fingerprint density at radius 1 is 0.871 bits per heavy atom. The normalized spacial score (nSPS) is 22.0. The molecule has 0 aliphatic carbocycles. The third kappa shape index (κ3) is 4.15. The number of nitrogens with zero attached hydrogens (tertiary/aromatic N) is 2. The molecule has 2 aliphatic heterocycles. The number of carbonyl (C=O) groups is 2. The molecule has 1 saturated heterocycles. The minimum atomic E-state index is -0.226. The minimum absolute atomic E-state index is 0.00805. The van der Waals surface area contributed by atoms with E-state index in [1.807, 2.05) is 82.0 Å². The van der Waals surface area contributed by atoms with Crippen LogP contribution in [-0.4, -0.2) is 46.9 Å². The summed E-state index contributed by atoms with van der Waals surface area (Å²) in [6, 6.07) is 13.9. The van der Waals surface area contributed by atoms with E-state index in [1.54, 1.807) is 0 Å². The van der Waals surface area contributed by atoms with Gasteiger partial charge in [0, 0.05) is 13.1 Å². The maximum atomic E-state index is 13.6. The molecule has 0 N–H and O–H groups in total. The lowest BCUT2D eigenvalue weighted by molar-refractivity contribution is -0.139. The lowest BCUT2D eigenvalue weighted by Gasteiger charge is -2.37. The van der Waals surface area contributed by atoms with Crippen LogP contribution in [0.25, 0.3) is 5.57 Å². The van der Waals surface area contributed by atoms with Gasteiger partial charge in [0.05, 0.1) is 24.3 Å². The van der Waals surface area contributed by atoms with Crippen molar-refractivity contribution in [2.45, 2.75) is 53.4 Å². The Morgan fingerprint density at radius 3 is 2.13 bits per heavy atom. The Hall–Kier alpha value is -2.92. The second-order valence-electron chi connectivity index (χ2n) is 8.87. The van der Waals surface area contributed by atoms with Gasteiger partial charge in [0.2, 0.25) is 0 Å². The van der Waals surface area contributed by atoms with Crippen LogP contribution in [0.5, 0.6) is 0 Å². The van der Waals surface area contributed by atoms with Crippen LogP contribution in [0.15, 0.2) is 48.2 Å².